The zero-order chi connectivity index (χ0) is 9.59. The molecule has 3 heteroatoms. The fourth-order valence-electron chi connectivity index (χ4n) is 2.56. The van der Waals surface area contributed by atoms with Crippen LogP contribution in [-0.2, 0) is 14.3 Å². The van der Waals surface area contributed by atoms with E-state index in [1.54, 1.807) is 0 Å². The molecule has 3 nitrogen and oxygen atoms in total. The second-order valence-electron chi connectivity index (χ2n) is 4.36. The molecule has 0 aromatic heterocycles. The summed E-state index contributed by atoms with van der Waals surface area (Å²) < 4.78 is 10.9. The molecular weight excluding hydrogens is 168 g/mol. The largest absolute Gasteiger partial charge is 0.459 e. The summed E-state index contributed by atoms with van der Waals surface area (Å²) >= 11 is 0. The van der Waals surface area contributed by atoms with E-state index in [-0.39, 0.29) is 24.3 Å². The van der Waals surface area contributed by atoms with Gasteiger partial charge in [0.1, 0.15) is 12.2 Å². The van der Waals surface area contributed by atoms with E-state index in [9.17, 15) is 4.79 Å². The van der Waals surface area contributed by atoms with Crippen molar-refractivity contribution in [1.82, 2.24) is 0 Å². The number of esters is 1. The van der Waals surface area contributed by atoms with Crippen LogP contribution in [0.3, 0.4) is 0 Å². The molecule has 2 fully saturated rings. The third-order valence-electron chi connectivity index (χ3n) is 3.08. The van der Waals surface area contributed by atoms with Gasteiger partial charge in [0.25, 0.3) is 0 Å². The molecule has 0 amide bonds. The Morgan fingerprint density at radius 2 is 2.15 bits per heavy atom. The predicted molar refractivity (Wildman–Crippen MR) is 47.2 cm³/mol. The predicted octanol–water partition coefficient (Wildman–Crippen LogP) is 1.36. The number of hydrogen-bond acceptors (Lipinski definition) is 3. The van der Waals surface area contributed by atoms with Crippen LogP contribution in [0.4, 0.5) is 0 Å². The Bertz CT molecular complexity index is 224. The minimum Gasteiger partial charge on any atom is -0.459 e. The number of carbonyl (C=O) groups is 1. The Kier molecular flexibility index (Phi) is 2.06. The average Bonchev–Trinajstić information content (AvgIpc) is 2.41. The number of fused-ring (bicyclic) bond motifs is 1. The maximum atomic E-state index is 11.0. The van der Waals surface area contributed by atoms with Crippen LogP contribution in [0.15, 0.2) is 0 Å². The Balaban J connectivity index is 2.14. The van der Waals surface area contributed by atoms with Gasteiger partial charge < -0.3 is 9.47 Å². The van der Waals surface area contributed by atoms with Crippen molar-refractivity contribution in [3.05, 3.63) is 0 Å². The normalized spacial score (nSPS) is 43.8. The Morgan fingerprint density at radius 3 is 2.77 bits per heavy atom. The summed E-state index contributed by atoms with van der Waals surface area (Å²) in [6, 6.07) is 0. The Labute approximate surface area is 78.4 Å². The summed E-state index contributed by atoms with van der Waals surface area (Å²) in [5.41, 5.74) is 0. The second kappa shape index (κ2) is 2.98. The SMILES string of the molecule is CC(C)[C@H]1C(C)O[C@@H]2CC(=O)O[C@H]12. The van der Waals surface area contributed by atoms with Crippen LogP contribution >= 0.6 is 0 Å². The molecule has 2 rings (SSSR count). The highest BCUT2D eigenvalue weighted by atomic mass is 16.6. The summed E-state index contributed by atoms with van der Waals surface area (Å²) in [5.74, 6) is 0.778. The van der Waals surface area contributed by atoms with Gasteiger partial charge in [-0.1, -0.05) is 13.8 Å². The van der Waals surface area contributed by atoms with Gasteiger partial charge in [0.05, 0.1) is 12.5 Å². The molecule has 13 heavy (non-hydrogen) atoms. The molecule has 2 heterocycles. The highest BCUT2D eigenvalue weighted by Gasteiger charge is 2.50. The van der Waals surface area contributed by atoms with E-state index in [0.717, 1.165) is 0 Å². The third kappa shape index (κ3) is 1.35. The summed E-state index contributed by atoms with van der Waals surface area (Å²) in [5, 5.41) is 0. The van der Waals surface area contributed by atoms with Crippen LogP contribution in [0.5, 0.6) is 0 Å². The van der Waals surface area contributed by atoms with Gasteiger partial charge in [-0.3, -0.25) is 4.79 Å². The van der Waals surface area contributed by atoms with E-state index >= 15 is 0 Å². The lowest BCUT2D eigenvalue weighted by atomic mass is 9.87. The second-order valence-corrected chi connectivity index (χ2v) is 4.36. The van der Waals surface area contributed by atoms with Crippen molar-refractivity contribution in [2.75, 3.05) is 0 Å². The van der Waals surface area contributed by atoms with E-state index in [4.69, 9.17) is 9.47 Å². The topological polar surface area (TPSA) is 35.5 Å². The van der Waals surface area contributed by atoms with E-state index < -0.39 is 0 Å². The first-order valence-corrected chi connectivity index (χ1v) is 4.94. The fourth-order valence-corrected chi connectivity index (χ4v) is 2.56. The van der Waals surface area contributed by atoms with Gasteiger partial charge in [0.15, 0.2) is 0 Å². The molecule has 0 saturated carbocycles. The molecule has 4 atom stereocenters. The smallest absolute Gasteiger partial charge is 0.308 e. The maximum Gasteiger partial charge on any atom is 0.308 e. The van der Waals surface area contributed by atoms with Gasteiger partial charge in [-0.25, -0.2) is 0 Å². The van der Waals surface area contributed by atoms with Crippen LogP contribution in [-0.4, -0.2) is 24.3 Å². The van der Waals surface area contributed by atoms with Gasteiger partial charge >= 0.3 is 5.97 Å². The lowest BCUT2D eigenvalue weighted by Gasteiger charge is -2.22. The van der Waals surface area contributed by atoms with E-state index in [0.29, 0.717) is 18.3 Å². The van der Waals surface area contributed by atoms with E-state index in [1.807, 2.05) is 0 Å². The van der Waals surface area contributed by atoms with Crippen molar-refractivity contribution in [1.29, 1.82) is 0 Å². The fraction of sp³-hybridized carbons (Fsp3) is 0.900. The number of rotatable bonds is 1. The van der Waals surface area contributed by atoms with Gasteiger partial charge in [-0.15, -0.1) is 0 Å². The molecule has 0 N–H and O–H groups in total. The van der Waals surface area contributed by atoms with Crippen LogP contribution in [0.2, 0.25) is 0 Å². The molecule has 74 valence electrons. The summed E-state index contributed by atoms with van der Waals surface area (Å²) in [6.45, 7) is 6.37. The minimum absolute atomic E-state index is 0.0162. The monoisotopic (exact) mass is 184 g/mol. The molecule has 0 aromatic carbocycles. The molecule has 0 aliphatic carbocycles. The first-order valence-electron chi connectivity index (χ1n) is 4.94. The van der Waals surface area contributed by atoms with Crippen LogP contribution in [0, 0.1) is 11.8 Å². The number of hydrogen-bond donors (Lipinski definition) is 0. The standard InChI is InChI=1S/C10H16O3/c1-5(2)9-6(3)12-7-4-8(11)13-10(7)9/h5-7,9-10H,4H2,1-3H3/t6?,7-,9+,10+/m1/s1. The molecule has 2 saturated heterocycles. The number of carbonyl (C=O) groups excluding carboxylic acids is 1. The molecule has 1 unspecified atom stereocenters. The van der Waals surface area contributed by atoms with Crippen LogP contribution in [0.1, 0.15) is 27.2 Å². The Hall–Kier alpha value is -0.570. The van der Waals surface area contributed by atoms with Gasteiger partial charge in [-0.05, 0) is 12.8 Å². The van der Waals surface area contributed by atoms with Gasteiger partial charge in [-0.2, -0.15) is 0 Å². The van der Waals surface area contributed by atoms with Crippen molar-refractivity contribution in [3.8, 4) is 0 Å². The first-order chi connectivity index (χ1) is 6.09. The quantitative estimate of drug-likeness (QED) is 0.577. The van der Waals surface area contributed by atoms with Gasteiger partial charge in [0, 0.05) is 5.92 Å². The average molecular weight is 184 g/mol. The maximum absolute atomic E-state index is 11.0. The zero-order valence-corrected chi connectivity index (χ0v) is 8.32. The lowest BCUT2D eigenvalue weighted by Crippen LogP contribution is -2.29. The highest BCUT2D eigenvalue weighted by molar-refractivity contribution is 5.72. The molecule has 0 spiro atoms. The van der Waals surface area contributed by atoms with E-state index in [1.165, 1.54) is 0 Å². The van der Waals surface area contributed by atoms with Crippen LogP contribution < -0.4 is 0 Å². The molecule has 0 radical (unpaired) electrons. The molecule has 2 aliphatic rings. The molecule has 0 bridgehead atoms. The lowest BCUT2D eigenvalue weighted by molar-refractivity contribution is -0.143. The molecule has 2 aliphatic heterocycles. The summed E-state index contributed by atoms with van der Waals surface area (Å²) in [4.78, 5) is 11.0. The third-order valence-corrected chi connectivity index (χ3v) is 3.08. The Morgan fingerprint density at radius 1 is 1.46 bits per heavy atom. The van der Waals surface area contributed by atoms with Crippen molar-refractivity contribution in [3.63, 3.8) is 0 Å². The highest BCUT2D eigenvalue weighted by Crippen LogP contribution is 2.39. The number of ether oxygens (including phenoxy) is 2. The summed E-state index contributed by atoms with van der Waals surface area (Å²) in [7, 11) is 0. The van der Waals surface area contributed by atoms with Crippen molar-refractivity contribution in [2.45, 2.75) is 45.5 Å². The zero-order valence-electron chi connectivity index (χ0n) is 8.32. The molecular formula is C10H16O3. The van der Waals surface area contributed by atoms with Crippen molar-refractivity contribution in [2.24, 2.45) is 11.8 Å². The first kappa shape index (κ1) is 9.00. The van der Waals surface area contributed by atoms with Crippen molar-refractivity contribution >= 4 is 5.97 Å². The van der Waals surface area contributed by atoms with Gasteiger partial charge in [0.2, 0.25) is 0 Å². The summed E-state index contributed by atoms with van der Waals surface area (Å²) in [6.07, 6.45) is 0.707. The van der Waals surface area contributed by atoms with E-state index in [2.05, 4.69) is 20.8 Å². The minimum atomic E-state index is -0.104. The molecule has 0 aromatic rings. The van der Waals surface area contributed by atoms with Crippen molar-refractivity contribution < 1.29 is 14.3 Å². The van der Waals surface area contributed by atoms with Crippen LogP contribution in [0.25, 0.3) is 0 Å².